The number of nitrogens with one attached hydrogen (secondary N) is 1. The number of hydrogen-bond acceptors (Lipinski definition) is 3. The van der Waals surface area contributed by atoms with Crippen LogP contribution in [-0.4, -0.2) is 23.9 Å². The van der Waals surface area contributed by atoms with Crippen LogP contribution in [0.5, 0.6) is 0 Å². The van der Waals surface area contributed by atoms with Crippen molar-refractivity contribution in [2.24, 2.45) is 0 Å². The van der Waals surface area contributed by atoms with Crippen molar-refractivity contribution in [3.05, 3.63) is 59.7 Å². The smallest absolute Gasteiger partial charge is 0.256 e. The molecule has 0 fully saturated rings. The maximum absolute atomic E-state index is 12.3. The van der Waals surface area contributed by atoms with Crippen molar-refractivity contribution in [1.82, 2.24) is 0 Å². The molecule has 2 aromatic rings. The molecule has 0 radical (unpaired) electrons. The van der Waals surface area contributed by atoms with Gasteiger partial charge in [-0.1, -0.05) is 24.0 Å². The van der Waals surface area contributed by atoms with Crippen molar-refractivity contribution in [2.45, 2.75) is 4.90 Å². The fraction of sp³-hybridized carbons (Fsp3) is 0.118. The van der Waals surface area contributed by atoms with E-state index in [1.54, 1.807) is 36.0 Å². The molecule has 3 nitrogen and oxygen atoms in total. The summed E-state index contributed by atoms with van der Waals surface area (Å²) in [6.07, 6.45) is 1.95. The van der Waals surface area contributed by atoms with Crippen molar-refractivity contribution in [3.63, 3.8) is 0 Å². The minimum Gasteiger partial charge on any atom is -0.384 e. The SMILES string of the molecule is CSc1ccccc1C(=O)Nc1ccc(C#CCO)cc1. The molecule has 2 aromatic carbocycles. The van der Waals surface area contributed by atoms with Gasteiger partial charge in [0.2, 0.25) is 0 Å². The second-order valence-electron chi connectivity index (χ2n) is 4.19. The first-order chi connectivity index (χ1) is 10.2. The van der Waals surface area contributed by atoms with Crippen LogP contribution in [-0.2, 0) is 0 Å². The molecule has 0 bridgehead atoms. The normalized spacial score (nSPS) is 9.62. The summed E-state index contributed by atoms with van der Waals surface area (Å²) in [7, 11) is 0. The van der Waals surface area contributed by atoms with Gasteiger partial charge in [0.1, 0.15) is 6.61 Å². The molecule has 2 N–H and O–H groups in total. The maximum atomic E-state index is 12.3. The molecular weight excluding hydrogens is 282 g/mol. The fourth-order valence-electron chi connectivity index (χ4n) is 1.81. The summed E-state index contributed by atoms with van der Waals surface area (Å²) < 4.78 is 0. The molecule has 0 aliphatic rings. The van der Waals surface area contributed by atoms with Gasteiger partial charge in [-0.25, -0.2) is 0 Å². The van der Waals surface area contributed by atoms with E-state index in [1.165, 1.54) is 0 Å². The quantitative estimate of drug-likeness (QED) is 0.676. The minimum atomic E-state index is -0.163. The van der Waals surface area contributed by atoms with E-state index in [-0.39, 0.29) is 12.5 Å². The maximum Gasteiger partial charge on any atom is 0.256 e. The first kappa shape index (κ1) is 15.2. The van der Waals surface area contributed by atoms with Crippen LogP contribution < -0.4 is 5.32 Å². The molecule has 0 unspecified atom stereocenters. The summed E-state index contributed by atoms with van der Waals surface area (Å²) in [6.45, 7) is -0.163. The predicted molar refractivity (Wildman–Crippen MR) is 86.6 cm³/mol. The molecule has 0 spiro atoms. The second-order valence-corrected chi connectivity index (χ2v) is 5.04. The van der Waals surface area contributed by atoms with E-state index in [2.05, 4.69) is 17.2 Å². The number of amides is 1. The van der Waals surface area contributed by atoms with Crippen molar-refractivity contribution in [2.75, 3.05) is 18.2 Å². The van der Waals surface area contributed by atoms with Crippen LogP contribution in [0.25, 0.3) is 0 Å². The highest BCUT2D eigenvalue weighted by Gasteiger charge is 2.10. The predicted octanol–water partition coefficient (Wildman–Crippen LogP) is 3.00. The molecule has 21 heavy (non-hydrogen) atoms. The first-order valence-corrected chi connectivity index (χ1v) is 7.61. The van der Waals surface area contributed by atoms with Crippen LogP contribution in [0.4, 0.5) is 5.69 Å². The largest absolute Gasteiger partial charge is 0.384 e. The summed E-state index contributed by atoms with van der Waals surface area (Å²) >= 11 is 1.54. The molecule has 0 heterocycles. The standard InChI is InChI=1S/C17H15NO2S/c1-21-16-7-3-2-6-15(16)17(20)18-14-10-8-13(9-11-14)5-4-12-19/h2-3,6-11,19H,12H2,1H3,(H,18,20). The van der Waals surface area contributed by atoms with E-state index < -0.39 is 0 Å². The summed E-state index contributed by atoms with van der Waals surface area (Å²) in [6, 6.07) is 14.7. The number of carbonyl (C=O) groups is 1. The van der Waals surface area contributed by atoms with Crippen molar-refractivity contribution < 1.29 is 9.90 Å². The Hall–Kier alpha value is -2.22. The lowest BCUT2D eigenvalue weighted by molar-refractivity contribution is 0.102. The molecule has 2 rings (SSSR count). The van der Waals surface area contributed by atoms with E-state index in [9.17, 15) is 4.79 Å². The van der Waals surface area contributed by atoms with Gasteiger partial charge in [0, 0.05) is 16.1 Å². The highest BCUT2D eigenvalue weighted by atomic mass is 32.2. The topological polar surface area (TPSA) is 49.3 Å². The monoisotopic (exact) mass is 297 g/mol. The third kappa shape index (κ3) is 4.12. The third-order valence-electron chi connectivity index (χ3n) is 2.81. The van der Waals surface area contributed by atoms with Gasteiger partial charge in [-0.05, 0) is 42.7 Å². The molecular formula is C17H15NO2S. The molecule has 0 saturated carbocycles. The van der Waals surface area contributed by atoms with E-state index in [0.717, 1.165) is 10.5 Å². The molecule has 0 aliphatic heterocycles. The van der Waals surface area contributed by atoms with Crippen LogP contribution in [0.2, 0.25) is 0 Å². The highest BCUT2D eigenvalue weighted by Crippen LogP contribution is 2.21. The zero-order valence-electron chi connectivity index (χ0n) is 11.6. The summed E-state index contributed by atoms with van der Waals surface area (Å²) in [5.41, 5.74) is 2.17. The molecule has 0 aliphatic carbocycles. The lowest BCUT2D eigenvalue weighted by atomic mass is 10.2. The van der Waals surface area contributed by atoms with Crippen LogP contribution >= 0.6 is 11.8 Å². The number of hydrogen-bond donors (Lipinski definition) is 2. The van der Waals surface area contributed by atoms with Crippen LogP contribution in [0.1, 0.15) is 15.9 Å². The van der Waals surface area contributed by atoms with Crippen molar-refractivity contribution in [3.8, 4) is 11.8 Å². The van der Waals surface area contributed by atoms with Crippen molar-refractivity contribution >= 4 is 23.4 Å². The van der Waals surface area contributed by atoms with Gasteiger partial charge >= 0.3 is 0 Å². The van der Waals surface area contributed by atoms with Gasteiger partial charge in [0.15, 0.2) is 0 Å². The summed E-state index contributed by atoms with van der Waals surface area (Å²) in [4.78, 5) is 13.2. The molecule has 0 atom stereocenters. The molecule has 106 valence electrons. The van der Waals surface area contributed by atoms with Gasteiger partial charge in [0.05, 0.1) is 5.56 Å². The van der Waals surface area contributed by atoms with E-state index >= 15 is 0 Å². The lowest BCUT2D eigenvalue weighted by Crippen LogP contribution is -2.12. The number of aliphatic hydroxyl groups is 1. The Morgan fingerprint density at radius 3 is 2.57 bits per heavy atom. The van der Waals surface area contributed by atoms with E-state index in [4.69, 9.17) is 5.11 Å². The molecule has 1 amide bonds. The fourth-order valence-corrected chi connectivity index (χ4v) is 2.40. The average molecular weight is 297 g/mol. The van der Waals surface area contributed by atoms with Gasteiger partial charge in [-0.15, -0.1) is 11.8 Å². The van der Waals surface area contributed by atoms with Crippen LogP contribution in [0.3, 0.4) is 0 Å². The number of thioether (sulfide) groups is 1. The highest BCUT2D eigenvalue weighted by molar-refractivity contribution is 7.98. The zero-order valence-corrected chi connectivity index (χ0v) is 12.4. The lowest BCUT2D eigenvalue weighted by Gasteiger charge is -2.08. The van der Waals surface area contributed by atoms with Crippen molar-refractivity contribution in [1.29, 1.82) is 0 Å². The molecule has 0 saturated heterocycles. The first-order valence-electron chi connectivity index (χ1n) is 6.38. The number of carbonyl (C=O) groups excluding carboxylic acids is 1. The Kier molecular flexibility index (Phi) is 5.44. The number of rotatable bonds is 3. The third-order valence-corrected chi connectivity index (χ3v) is 3.60. The Morgan fingerprint density at radius 2 is 1.90 bits per heavy atom. The Labute approximate surface area is 128 Å². The van der Waals surface area contributed by atoms with Crippen LogP contribution in [0, 0.1) is 11.8 Å². The number of benzene rings is 2. The summed E-state index contributed by atoms with van der Waals surface area (Å²) in [5, 5.41) is 11.5. The Morgan fingerprint density at radius 1 is 1.19 bits per heavy atom. The number of anilines is 1. The van der Waals surface area contributed by atoms with E-state index in [1.807, 2.05) is 30.5 Å². The Bertz CT molecular complexity index is 684. The zero-order chi connectivity index (χ0) is 15.1. The molecule has 4 heteroatoms. The average Bonchev–Trinajstić information content (AvgIpc) is 2.54. The van der Waals surface area contributed by atoms with Gasteiger partial charge in [-0.3, -0.25) is 4.79 Å². The van der Waals surface area contributed by atoms with Crippen LogP contribution in [0.15, 0.2) is 53.4 Å². The second kappa shape index (κ2) is 7.53. The Balaban J connectivity index is 2.12. The molecule has 0 aromatic heterocycles. The van der Waals surface area contributed by atoms with Gasteiger partial charge in [0.25, 0.3) is 5.91 Å². The van der Waals surface area contributed by atoms with E-state index in [0.29, 0.717) is 11.3 Å². The van der Waals surface area contributed by atoms with Gasteiger partial charge in [-0.2, -0.15) is 0 Å². The number of aliphatic hydroxyl groups excluding tert-OH is 1. The summed E-state index contributed by atoms with van der Waals surface area (Å²) in [5.74, 6) is 5.26. The minimum absolute atomic E-state index is 0.130. The van der Waals surface area contributed by atoms with Gasteiger partial charge < -0.3 is 10.4 Å².